The van der Waals surface area contributed by atoms with Gasteiger partial charge in [0.25, 0.3) is 5.91 Å². The summed E-state index contributed by atoms with van der Waals surface area (Å²) in [7, 11) is -0.522. The van der Waals surface area contributed by atoms with Crippen LogP contribution >= 0.6 is 7.26 Å². The first kappa shape index (κ1) is 21.5. The van der Waals surface area contributed by atoms with E-state index >= 15 is 0 Å². The van der Waals surface area contributed by atoms with Crippen molar-refractivity contribution in [1.29, 1.82) is 0 Å². The van der Waals surface area contributed by atoms with Gasteiger partial charge in [-0.3, -0.25) is 10.1 Å². The van der Waals surface area contributed by atoms with Gasteiger partial charge in [-0.15, -0.1) is 0 Å². The van der Waals surface area contributed by atoms with Gasteiger partial charge in [-0.05, 0) is 48.5 Å². The first-order valence-electron chi connectivity index (χ1n) is 10.6. The van der Waals surface area contributed by atoms with Crippen molar-refractivity contribution in [1.82, 2.24) is 10.6 Å². The second kappa shape index (κ2) is 10.1. The number of hydrogen-bond donors (Lipinski definition) is 2. The summed E-state index contributed by atoms with van der Waals surface area (Å²) in [6.45, 7) is 0. The van der Waals surface area contributed by atoms with E-state index in [9.17, 15) is 4.79 Å². The maximum absolute atomic E-state index is 13.3. The molecule has 0 atom stereocenters. The molecule has 1 amide bonds. The van der Waals surface area contributed by atoms with Crippen LogP contribution in [0.25, 0.3) is 0 Å². The molecule has 0 fully saturated rings. The van der Waals surface area contributed by atoms with Gasteiger partial charge >= 0.3 is 0 Å². The van der Waals surface area contributed by atoms with Crippen LogP contribution in [0.15, 0.2) is 133 Å². The quantitative estimate of drug-likeness (QED) is 0.420. The Morgan fingerprint density at radius 3 is 1.38 bits per heavy atom. The van der Waals surface area contributed by atoms with E-state index in [-0.39, 0.29) is 5.91 Å². The third-order valence-corrected chi connectivity index (χ3v) is 9.53. The molecule has 0 heterocycles. The molecule has 4 heteroatoms. The van der Waals surface area contributed by atoms with E-state index in [4.69, 9.17) is 0 Å². The zero-order chi connectivity index (χ0) is 22.2. The molecule has 4 aromatic rings. The summed E-state index contributed by atoms with van der Waals surface area (Å²) in [6, 6.07) is 40.7. The van der Waals surface area contributed by atoms with E-state index in [1.807, 2.05) is 61.8 Å². The van der Waals surface area contributed by atoms with Crippen LogP contribution in [-0.4, -0.2) is 13.0 Å². The van der Waals surface area contributed by atoms with Gasteiger partial charge in [-0.2, -0.15) is 0 Å². The van der Waals surface area contributed by atoms with Gasteiger partial charge < -0.3 is 5.32 Å². The van der Waals surface area contributed by atoms with E-state index in [1.165, 1.54) is 15.9 Å². The molecule has 4 aromatic carbocycles. The molecule has 3 nitrogen and oxygen atoms in total. The Kier molecular flexibility index (Phi) is 6.79. The summed E-state index contributed by atoms with van der Waals surface area (Å²) < 4.78 is 0. The molecular formula is C28H26N2OP+. The van der Waals surface area contributed by atoms with E-state index in [0.717, 1.165) is 5.44 Å². The van der Waals surface area contributed by atoms with Crippen molar-refractivity contribution in [2.75, 3.05) is 7.05 Å². The van der Waals surface area contributed by atoms with Crippen LogP contribution in [0.4, 0.5) is 0 Å². The number of benzene rings is 4. The fraction of sp³-hybridized carbons (Fsp3) is 0.0357. The smallest absolute Gasteiger partial charge is 0.258 e. The molecule has 0 aliphatic heterocycles. The number of nitrogens with one attached hydrogen (secondary N) is 2. The Balaban J connectivity index is 1.99. The Morgan fingerprint density at radius 2 is 1.00 bits per heavy atom. The minimum atomic E-state index is -2.39. The Hall–Kier alpha value is -3.68. The second-order valence-corrected chi connectivity index (χ2v) is 10.7. The van der Waals surface area contributed by atoms with Gasteiger partial charge in [0.2, 0.25) is 0 Å². The SMILES string of the molecule is CNC=C(NC(=O)c1ccccc1)[P+](c1ccccc1)(c1ccccc1)c1ccccc1. The maximum atomic E-state index is 13.3. The highest BCUT2D eigenvalue weighted by molar-refractivity contribution is 7.99. The Bertz CT molecular complexity index is 1080. The van der Waals surface area contributed by atoms with Crippen molar-refractivity contribution in [3.05, 3.63) is 139 Å². The molecule has 0 aromatic heterocycles. The lowest BCUT2D eigenvalue weighted by molar-refractivity contribution is 0.0968. The summed E-state index contributed by atoms with van der Waals surface area (Å²) >= 11 is 0. The number of amides is 1. The zero-order valence-electron chi connectivity index (χ0n) is 18.0. The lowest BCUT2D eigenvalue weighted by Gasteiger charge is -2.29. The monoisotopic (exact) mass is 437 g/mol. The van der Waals surface area contributed by atoms with Crippen molar-refractivity contribution in [3.63, 3.8) is 0 Å². The molecule has 2 N–H and O–H groups in total. The van der Waals surface area contributed by atoms with Crippen molar-refractivity contribution in [2.24, 2.45) is 0 Å². The van der Waals surface area contributed by atoms with Crippen LogP contribution in [-0.2, 0) is 0 Å². The lowest BCUT2D eigenvalue weighted by atomic mass is 10.2. The predicted octanol–water partition coefficient (Wildman–Crippen LogP) is 4.43. The van der Waals surface area contributed by atoms with Crippen LogP contribution < -0.4 is 26.5 Å². The topological polar surface area (TPSA) is 41.1 Å². The second-order valence-electron chi connectivity index (χ2n) is 7.32. The molecule has 0 radical (unpaired) electrons. The molecule has 0 bridgehead atoms. The highest BCUT2D eigenvalue weighted by Crippen LogP contribution is 2.61. The molecule has 0 aliphatic rings. The summed E-state index contributed by atoms with van der Waals surface area (Å²) in [5, 5.41) is 9.99. The molecule has 4 rings (SSSR count). The third-order valence-electron chi connectivity index (χ3n) is 5.35. The van der Waals surface area contributed by atoms with Crippen LogP contribution in [0.5, 0.6) is 0 Å². The van der Waals surface area contributed by atoms with Crippen LogP contribution in [0.1, 0.15) is 10.4 Å². The van der Waals surface area contributed by atoms with Crippen LogP contribution in [0.3, 0.4) is 0 Å². The van der Waals surface area contributed by atoms with Crippen molar-refractivity contribution >= 4 is 29.1 Å². The molecule has 0 saturated carbocycles. The molecule has 0 spiro atoms. The average Bonchev–Trinajstić information content (AvgIpc) is 2.87. The maximum Gasteiger partial charge on any atom is 0.258 e. The Labute approximate surface area is 190 Å². The lowest BCUT2D eigenvalue weighted by Crippen LogP contribution is -2.39. The Morgan fingerprint density at radius 1 is 0.625 bits per heavy atom. The highest BCUT2D eigenvalue weighted by atomic mass is 31.2. The van der Waals surface area contributed by atoms with Crippen molar-refractivity contribution in [3.8, 4) is 0 Å². The minimum Gasteiger partial charge on any atom is -0.389 e. The van der Waals surface area contributed by atoms with E-state index < -0.39 is 7.26 Å². The highest BCUT2D eigenvalue weighted by Gasteiger charge is 2.50. The van der Waals surface area contributed by atoms with Gasteiger partial charge in [0.1, 0.15) is 15.9 Å². The molecule has 158 valence electrons. The number of carbonyl (C=O) groups is 1. The molecule has 32 heavy (non-hydrogen) atoms. The van der Waals surface area contributed by atoms with Crippen LogP contribution in [0, 0.1) is 0 Å². The van der Waals surface area contributed by atoms with E-state index in [1.54, 1.807) is 0 Å². The number of rotatable bonds is 7. The third kappa shape index (κ3) is 4.21. The normalized spacial score (nSPS) is 11.6. The summed E-state index contributed by atoms with van der Waals surface area (Å²) in [5.41, 5.74) is 1.49. The predicted molar refractivity (Wildman–Crippen MR) is 136 cm³/mol. The standard InChI is InChI=1S/C28H25N2OP/c1-29-22-27(30-28(31)23-14-6-2-7-15-23)32(24-16-8-3-9-17-24,25-18-10-4-11-19-25)26-20-12-5-13-21-26/h2-22,29H,1H3/p+1. The molecule has 0 aliphatic carbocycles. The number of carbonyl (C=O) groups excluding carboxylic acids is 1. The van der Waals surface area contributed by atoms with Crippen molar-refractivity contribution in [2.45, 2.75) is 0 Å². The molecule has 0 saturated heterocycles. The minimum absolute atomic E-state index is 0.126. The zero-order valence-corrected chi connectivity index (χ0v) is 18.9. The largest absolute Gasteiger partial charge is 0.389 e. The number of hydrogen-bond acceptors (Lipinski definition) is 2. The average molecular weight is 438 g/mol. The summed E-state index contributed by atoms with van der Waals surface area (Å²) in [6.07, 6.45) is 1.93. The first-order valence-corrected chi connectivity index (χ1v) is 12.4. The van der Waals surface area contributed by atoms with Gasteiger partial charge in [-0.1, -0.05) is 72.8 Å². The van der Waals surface area contributed by atoms with Crippen molar-refractivity contribution < 1.29 is 4.79 Å². The molecule has 0 unspecified atom stereocenters. The van der Waals surface area contributed by atoms with Gasteiger partial charge in [0.15, 0.2) is 12.7 Å². The molecular weight excluding hydrogens is 411 g/mol. The summed E-state index contributed by atoms with van der Waals surface area (Å²) in [4.78, 5) is 13.3. The van der Waals surface area contributed by atoms with Gasteiger partial charge in [-0.25, -0.2) is 0 Å². The van der Waals surface area contributed by atoms with Gasteiger partial charge in [0, 0.05) is 12.6 Å². The fourth-order valence-electron chi connectivity index (χ4n) is 3.95. The van der Waals surface area contributed by atoms with E-state index in [2.05, 4.69) is 83.4 Å². The fourth-order valence-corrected chi connectivity index (χ4v) is 8.13. The summed E-state index contributed by atoms with van der Waals surface area (Å²) in [5.74, 6) is -0.126. The van der Waals surface area contributed by atoms with E-state index in [0.29, 0.717) is 5.56 Å². The first-order chi connectivity index (χ1) is 15.8. The van der Waals surface area contributed by atoms with Crippen LogP contribution in [0.2, 0.25) is 0 Å². The van der Waals surface area contributed by atoms with Gasteiger partial charge in [0.05, 0.1) is 6.20 Å².